The van der Waals surface area contributed by atoms with Crippen LogP contribution >= 0.6 is 0 Å². The van der Waals surface area contributed by atoms with Crippen LogP contribution in [0.5, 0.6) is 0 Å². The molecule has 1 aliphatic heterocycles. The fraction of sp³-hybridized carbons (Fsp3) is 0.933. The van der Waals surface area contributed by atoms with E-state index in [1.807, 2.05) is 0 Å². The van der Waals surface area contributed by atoms with Crippen molar-refractivity contribution in [3.05, 3.63) is 0 Å². The smallest absolute Gasteiger partial charge is 0.188 e. The number of guanidine groups is 1. The van der Waals surface area contributed by atoms with Crippen LogP contribution in [0.4, 0.5) is 0 Å². The normalized spacial score (nSPS) is 18.7. The maximum Gasteiger partial charge on any atom is 0.188 e. The second-order valence-electron chi connectivity index (χ2n) is 6.23. The first-order valence-electron chi connectivity index (χ1n) is 8.02. The summed E-state index contributed by atoms with van der Waals surface area (Å²) < 4.78 is 0. The fourth-order valence-electron chi connectivity index (χ4n) is 2.26. The van der Waals surface area contributed by atoms with Crippen LogP contribution < -0.4 is 11.1 Å². The van der Waals surface area contributed by atoms with Gasteiger partial charge in [-0.05, 0) is 38.8 Å². The minimum Gasteiger partial charge on any atom is -0.370 e. The first-order chi connectivity index (χ1) is 9.58. The lowest BCUT2D eigenvalue weighted by molar-refractivity contribution is 0.152. The molecule has 0 unspecified atom stereocenters. The Labute approximate surface area is 124 Å². The van der Waals surface area contributed by atoms with Crippen molar-refractivity contribution in [2.24, 2.45) is 16.6 Å². The minimum atomic E-state index is 0.602. The number of rotatable bonds is 8. The highest BCUT2D eigenvalue weighted by Crippen LogP contribution is 2.01. The molecule has 0 bridgehead atoms. The van der Waals surface area contributed by atoms with Crippen LogP contribution in [0.3, 0.4) is 0 Å². The number of hydrogen-bond donors (Lipinski definition) is 2. The molecule has 0 radical (unpaired) electrons. The topological polar surface area (TPSA) is 56.9 Å². The van der Waals surface area contributed by atoms with E-state index < -0.39 is 0 Å². The number of nitrogens with zero attached hydrogens (tertiary/aromatic N) is 3. The van der Waals surface area contributed by atoms with E-state index in [-0.39, 0.29) is 0 Å². The van der Waals surface area contributed by atoms with Gasteiger partial charge in [-0.2, -0.15) is 0 Å². The Balaban J connectivity index is 1.97. The zero-order valence-corrected chi connectivity index (χ0v) is 13.6. The summed E-state index contributed by atoms with van der Waals surface area (Å²) >= 11 is 0. The third-order valence-corrected chi connectivity index (χ3v) is 3.79. The summed E-state index contributed by atoms with van der Waals surface area (Å²) in [6.45, 7) is 12.2. The molecule has 1 rings (SSSR count). The molecule has 0 saturated carbocycles. The number of nitrogens with one attached hydrogen (secondary N) is 1. The first kappa shape index (κ1) is 17.2. The summed E-state index contributed by atoms with van der Waals surface area (Å²) in [5, 5.41) is 3.17. The van der Waals surface area contributed by atoms with Crippen molar-refractivity contribution in [2.45, 2.75) is 33.1 Å². The van der Waals surface area contributed by atoms with Gasteiger partial charge in [0.25, 0.3) is 0 Å². The largest absolute Gasteiger partial charge is 0.370 e. The van der Waals surface area contributed by atoms with Crippen LogP contribution in [-0.4, -0.2) is 68.6 Å². The fourth-order valence-corrected chi connectivity index (χ4v) is 2.26. The van der Waals surface area contributed by atoms with E-state index in [0.717, 1.165) is 25.9 Å². The molecule has 0 spiro atoms. The lowest BCUT2D eigenvalue weighted by Crippen LogP contribution is -2.44. The van der Waals surface area contributed by atoms with Crippen LogP contribution in [0.25, 0.3) is 0 Å². The molecule has 5 heteroatoms. The Kier molecular flexibility index (Phi) is 8.62. The predicted molar refractivity (Wildman–Crippen MR) is 87.1 cm³/mol. The Morgan fingerprint density at radius 1 is 1.20 bits per heavy atom. The van der Waals surface area contributed by atoms with Crippen molar-refractivity contribution in [3.8, 4) is 0 Å². The highest BCUT2D eigenvalue weighted by Gasteiger charge is 2.12. The zero-order chi connectivity index (χ0) is 14.8. The van der Waals surface area contributed by atoms with Gasteiger partial charge in [-0.3, -0.25) is 4.99 Å². The van der Waals surface area contributed by atoms with Gasteiger partial charge in [0.05, 0.1) is 0 Å². The van der Waals surface area contributed by atoms with Gasteiger partial charge in [-0.25, -0.2) is 0 Å². The summed E-state index contributed by atoms with van der Waals surface area (Å²) in [5.41, 5.74) is 5.82. The lowest BCUT2D eigenvalue weighted by atomic mass is 10.1. The molecule has 3 N–H and O–H groups in total. The predicted octanol–water partition coefficient (Wildman–Crippen LogP) is 0.964. The average molecular weight is 283 g/mol. The van der Waals surface area contributed by atoms with Crippen LogP contribution in [0, 0.1) is 5.92 Å². The molecule has 0 atom stereocenters. The van der Waals surface area contributed by atoms with Gasteiger partial charge >= 0.3 is 0 Å². The van der Waals surface area contributed by atoms with E-state index in [9.17, 15) is 0 Å². The Morgan fingerprint density at radius 2 is 1.90 bits per heavy atom. The van der Waals surface area contributed by atoms with Crippen molar-refractivity contribution in [2.75, 3.05) is 52.9 Å². The van der Waals surface area contributed by atoms with Crippen molar-refractivity contribution in [1.29, 1.82) is 0 Å². The molecule has 1 fully saturated rings. The number of aliphatic imine (C=N–C) groups is 1. The number of nitrogens with two attached hydrogens (primary N) is 1. The second kappa shape index (κ2) is 10.00. The number of unbranched alkanes of at least 4 members (excludes halogenated alkanes) is 1. The lowest BCUT2D eigenvalue weighted by Gasteiger charge is -2.32. The molecule has 1 saturated heterocycles. The molecule has 0 aliphatic carbocycles. The van der Waals surface area contributed by atoms with E-state index >= 15 is 0 Å². The Morgan fingerprint density at radius 3 is 2.55 bits per heavy atom. The zero-order valence-electron chi connectivity index (χ0n) is 13.6. The average Bonchev–Trinajstić information content (AvgIpc) is 2.40. The minimum absolute atomic E-state index is 0.602. The Hall–Kier alpha value is -0.810. The molecule has 0 aromatic heterocycles. The van der Waals surface area contributed by atoms with Gasteiger partial charge in [0.15, 0.2) is 5.96 Å². The molecule has 1 aliphatic rings. The van der Waals surface area contributed by atoms with Crippen LogP contribution in [0.15, 0.2) is 4.99 Å². The summed E-state index contributed by atoms with van der Waals surface area (Å²) in [5.74, 6) is 1.31. The van der Waals surface area contributed by atoms with E-state index in [1.165, 1.54) is 39.1 Å². The van der Waals surface area contributed by atoms with E-state index in [2.05, 4.69) is 41.0 Å². The second-order valence-corrected chi connectivity index (χ2v) is 6.23. The van der Waals surface area contributed by atoms with Crippen LogP contribution in [0.1, 0.15) is 33.1 Å². The molecule has 118 valence electrons. The van der Waals surface area contributed by atoms with Gasteiger partial charge < -0.3 is 20.9 Å². The van der Waals surface area contributed by atoms with Gasteiger partial charge in [-0.1, -0.05) is 13.8 Å². The molecular weight excluding hydrogens is 250 g/mol. The molecule has 0 amide bonds. The highest BCUT2D eigenvalue weighted by molar-refractivity contribution is 5.77. The van der Waals surface area contributed by atoms with Gasteiger partial charge in [0, 0.05) is 39.3 Å². The number of hydrogen-bond acceptors (Lipinski definition) is 3. The summed E-state index contributed by atoms with van der Waals surface area (Å²) in [6, 6.07) is 0. The molecular formula is C15H33N5. The maximum absolute atomic E-state index is 5.82. The number of likely N-dealkylation sites (N-methyl/N-ethyl adjacent to an activating group) is 1. The molecule has 20 heavy (non-hydrogen) atoms. The monoisotopic (exact) mass is 283 g/mol. The Bertz CT molecular complexity index is 269. The van der Waals surface area contributed by atoms with E-state index in [4.69, 9.17) is 5.73 Å². The van der Waals surface area contributed by atoms with Crippen molar-refractivity contribution < 1.29 is 0 Å². The third kappa shape index (κ3) is 8.38. The van der Waals surface area contributed by atoms with Crippen molar-refractivity contribution >= 4 is 5.96 Å². The van der Waals surface area contributed by atoms with Crippen molar-refractivity contribution in [3.63, 3.8) is 0 Å². The maximum atomic E-state index is 5.82. The third-order valence-electron chi connectivity index (χ3n) is 3.79. The van der Waals surface area contributed by atoms with Crippen LogP contribution in [0.2, 0.25) is 0 Å². The molecule has 0 aromatic rings. The van der Waals surface area contributed by atoms with Gasteiger partial charge in [0.2, 0.25) is 0 Å². The summed E-state index contributed by atoms with van der Waals surface area (Å²) in [4.78, 5) is 9.32. The van der Waals surface area contributed by atoms with Gasteiger partial charge in [-0.15, -0.1) is 0 Å². The molecule has 1 heterocycles. The quantitative estimate of drug-likeness (QED) is 0.396. The first-order valence-corrected chi connectivity index (χ1v) is 8.02. The van der Waals surface area contributed by atoms with Crippen LogP contribution in [-0.2, 0) is 0 Å². The van der Waals surface area contributed by atoms with E-state index in [1.54, 1.807) is 0 Å². The number of piperazine rings is 1. The van der Waals surface area contributed by atoms with Crippen molar-refractivity contribution in [1.82, 2.24) is 15.1 Å². The molecule has 5 nitrogen and oxygen atoms in total. The standard InChI is InChI=1S/C15H33N5/c1-14(2)6-8-18-15(16)17-7-4-5-9-20-12-10-19(3)11-13-20/h14H,4-13H2,1-3H3,(H3,16,17,18). The SMILES string of the molecule is CC(C)CCNC(N)=NCCCCN1CCN(C)CC1. The molecule has 0 aromatic carbocycles. The van der Waals surface area contributed by atoms with Gasteiger partial charge in [0.1, 0.15) is 0 Å². The summed E-state index contributed by atoms with van der Waals surface area (Å²) in [7, 11) is 2.20. The van der Waals surface area contributed by atoms with E-state index in [0.29, 0.717) is 11.9 Å². The summed E-state index contributed by atoms with van der Waals surface area (Å²) in [6.07, 6.45) is 3.48. The highest BCUT2D eigenvalue weighted by atomic mass is 15.2.